The standard InChI is InChI=1S/C26H19ClF3N5OS/c1-15-5-4-6-17(11-15)35-24(19-13-31-21-8-3-2-7-18(19)21)33-34-25(35)37-14-23(36)32-22-10-9-16(27)12-20(22)26(28,29)30/h2-13,31H,14H2,1H3,(H,32,36). The highest BCUT2D eigenvalue weighted by Crippen LogP contribution is 2.37. The van der Waals surface area contributed by atoms with Crippen LogP contribution in [0, 0.1) is 6.92 Å². The van der Waals surface area contributed by atoms with Crippen LogP contribution < -0.4 is 5.32 Å². The molecule has 0 unspecified atom stereocenters. The molecule has 0 atom stereocenters. The third-order valence-electron chi connectivity index (χ3n) is 5.62. The van der Waals surface area contributed by atoms with Gasteiger partial charge in [-0.3, -0.25) is 9.36 Å². The van der Waals surface area contributed by atoms with E-state index in [1.165, 1.54) is 6.07 Å². The van der Waals surface area contributed by atoms with Gasteiger partial charge >= 0.3 is 6.18 Å². The molecule has 5 aromatic rings. The first-order chi connectivity index (χ1) is 17.7. The molecule has 188 valence electrons. The predicted octanol–water partition coefficient (Wildman–Crippen LogP) is 7.13. The van der Waals surface area contributed by atoms with E-state index < -0.39 is 17.6 Å². The van der Waals surface area contributed by atoms with Crippen LogP contribution in [0.25, 0.3) is 28.0 Å². The molecule has 0 aliphatic heterocycles. The first-order valence-corrected chi connectivity index (χ1v) is 12.5. The second-order valence-electron chi connectivity index (χ2n) is 8.25. The van der Waals surface area contributed by atoms with Gasteiger partial charge < -0.3 is 10.3 Å². The summed E-state index contributed by atoms with van der Waals surface area (Å²) >= 11 is 6.81. The lowest BCUT2D eigenvalue weighted by Gasteiger charge is -2.14. The number of anilines is 1. The number of amides is 1. The summed E-state index contributed by atoms with van der Waals surface area (Å²) in [4.78, 5) is 15.9. The smallest absolute Gasteiger partial charge is 0.360 e. The Hall–Kier alpha value is -3.76. The Morgan fingerprint density at radius 1 is 1.08 bits per heavy atom. The van der Waals surface area contributed by atoms with Crippen molar-refractivity contribution in [1.82, 2.24) is 19.7 Å². The van der Waals surface area contributed by atoms with E-state index in [-0.39, 0.29) is 16.5 Å². The number of alkyl halides is 3. The van der Waals surface area contributed by atoms with Crippen LogP contribution >= 0.6 is 23.4 Å². The minimum absolute atomic E-state index is 0.0734. The molecule has 0 radical (unpaired) electrons. The number of fused-ring (bicyclic) bond motifs is 1. The normalized spacial score (nSPS) is 11.7. The number of nitrogens with zero attached hydrogens (tertiary/aromatic N) is 3. The first kappa shape index (κ1) is 24.9. The molecule has 11 heteroatoms. The number of aryl methyl sites for hydroxylation is 1. The third-order valence-corrected chi connectivity index (χ3v) is 6.78. The number of carbonyl (C=O) groups is 1. The number of aromatic amines is 1. The summed E-state index contributed by atoms with van der Waals surface area (Å²) in [5.74, 6) is -0.231. The molecule has 2 heterocycles. The number of benzene rings is 3. The Kier molecular flexibility index (Phi) is 6.70. The second-order valence-corrected chi connectivity index (χ2v) is 9.63. The maximum absolute atomic E-state index is 13.4. The van der Waals surface area contributed by atoms with Crippen molar-refractivity contribution in [3.8, 4) is 17.1 Å². The van der Waals surface area contributed by atoms with Gasteiger partial charge in [0.15, 0.2) is 11.0 Å². The molecule has 6 nitrogen and oxygen atoms in total. The van der Waals surface area contributed by atoms with Crippen molar-refractivity contribution >= 4 is 45.9 Å². The zero-order valence-corrected chi connectivity index (χ0v) is 20.9. The lowest BCUT2D eigenvalue weighted by molar-refractivity contribution is -0.137. The largest absolute Gasteiger partial charge is 0.418 e. The van der Waals surface area contributed by atoms with Gasteiger partial charge in [-0.05, 0) is 48.9 Å². The van der Waals surface area contributed by atoms with E-state index in [1.54, 1.807) is 0 Å². The Bertz CT molecular complexity index is 1610. The summed E-state index contributed by atoms with van der Waals surface area (Å²) in [6.07, 6.45) is -2.82. The van der Waals surface area contributed by atoms with Crippen molar-refractivity contribution in [3.63, 3.8) is 0 Å². The monoisotopic (exact) mass is 541 g/mol. The van der Waals surface area contributed by atoms with Crippen molar-refractivity contribution in [2.45, 2.75) is 18.3 Å². The van der Waals surface area contributed by atoms with Gasteiger partial charge in [-0.15, -0.1) is 10.2 Å². The van der Waals surface area contributed by atoms with E-state index in [9.17, 15) is 18.0 Å². The van der Waals surface area contributed by atoms with Gasteiger partial charge in [-0.1, -0.05) is 53.7 Å². The number of hydrogen-bond donors (Lipinski definition) is 2. The van der Waals surface area contributed by atoms with Crippen molar-refractivity contribution in [2.24, 2.45) is 0 Å². The number of hydrogen-bond acceptors (Lipinski definition) is 4. The molecule has 3 aromatic carbocycles. The number of nitrogens with one attached hydrogen (secondary N) is 2. The number of aromatic nitrogens is 4. The molecule has 0 aliphatic rings. The second kappa shape index (κ2) is 9.95. The van der Waals surface area contributed by atoms with Crippen LogP contribution in [0.4, 0.5) is 18.9 Å². The fourth-order valence-electron chi connectivity index (χ4n) is 3.97. The van der Waals surface area contributed by atoms with Crippen LogP contribution in [0.1, 0.15) is 11.1 Å². The predicted molar refractivity (Wildman–Crippen MR) is 139 cm³/mol. The van der Waals surface area contributed by atoms with E-state index in [0.29, 0.717) is 11.0 Å². The lowest BCUT2D eigenvalue weighted by atomic mass is 10.1. The number of H-pyrrole nitrogens is 1. The Labute approximate surface area is 218 Å². The Morgan fingerprint density at radius 2 is 1.89 bits per heavy atom. The molecule has 0 spiro atoms. The van der Waals surface area contributed by atoms with Gasteiger partial charge in [0.05, 0.1) is 17.0 Å². The van der Waals surface area contributed by atoms with Crippen molar-refractivity contribution in [3.05, 3.63) is 89.1 Å². The summed E-state index contributed by atoms with van der Waals surface area (Å²) in [6.45, 7) is 1.96. The summed E-state index contributed by atoms with van der Waals surface area (Å²) in [5.41, 5.74) is 2.22. The highest BCUT2D eigenvalue weighted by atomic mass is 35.5. The molecule has 0 saturated heterocycles. The molecule has 1 amide bonds. The molecule has 0 saturated carbocycles. The average molecular weight is 542 g/mol. The van der Waals surface area contributed by atoms with Crippen LogP contribution in [-0.4, -0.2) is 31.4 Å². The third kappa shape index (κ3) is 5.21. The maximum atomic E-state index is 13.4. The summed E-state index contributed by atoms with van der Waals surface area (Å²) in [5, 5.41) is 12.4. The highest BCUT2D eigenvalue weighted by Gasteiger charge is 2.34. The number of rotatable bonds is 6. The molecule has 37 heavy (non-hydrogen) atoms. The topological polar surface area (TPSA) is 75.6 Å². The van der Waals surface area contributed by atoms with E-state index in [1.807, 2.05) is 66.2 Å². The molecule has 0 aliphatic carbocycles. The van der Waals surface area contributed by atoms with Crippen LogP contribution in [-0.2, 0) is 11.0 Å². The molecular formula is C26H19ClF3N5OS. The molecule has 5 rings (SSSR count). The van der Waals surface area contributed by atoms with E-state index in [2.05, 4.69) is 20.5 Å². The molecule has 2 N–H and O–H groups in total. The molecular weight excluding hydrogens is 523 g/mol. The summed E-state index contributed by atoms with van der Waals surface area (Å²) < 4.78 is 42.1. The van der Waals surface area contributed by atoms with Gasteiger partial charge in [-0.2, -0.15) is 13.2 Å². The fraction of sp³-hybridized carbons (Fsp3) is 0.115. The minimum atomic E-state index is -4.67. The lowest BCUT2D eigenvalue weighted by Crippen LogP contribution is -2.18. The van der Waals surface area contributed by atoms with Crippen LogP contribution in [0.2, 0.25) is 5.02 Å². The molecule has 0 bridgehead atoms. The zero-order chi connectivity index (χ0) is 26.2. The van der Waals surface area contributed by atoms with E-state index in [4.69, 9.17) is 11.6 Å². The summed E-state index contributed by atoms with van der Waals surface area (Å²) in [6, 6.07) is 18.7. The Balaban J connectivity index is 1.46. The van der Waals surface area contributed by atoms with Crippen molar-refractivity contribution in [1.29, 1.82) is 0 Å². The first-order valence-electron chi connectivity index (χ1n) is 11.1. The fourth-order valence-corrected chi connectivity index (χ4v) is 4.89. The summed E-state index contributed by atoms with van der Waals surface area (Å²) in [7, 11) is 0. The minimum Gasteiger partial charge on any atom is -0.360 e. The van der Waals surface area contributed by atoms with Crippen LogP contribution in [0.5, 0.6) is 0 Å². The molecule has 0 fully saturated rings. The molecule has 2 aromatic heterocycles. The SMILES string of the molecule is Cc1cccc(-n2c(SCC(=O)Nc3ccc(Cl)cc3C(F)(F)F)nnc2-c2c[nH]c3ccccc23)c1. The number of carbonyl (C=O) groups excluding carboxylic acids is 1. The highest BCUT2D eigenvalue weighted by molar-refractivity contribution is 7.99. The zero-order valence-electron chi connectivity index (χ0n) is 19.3. The van der Waals surface area contributed by atoms with Gasteiger partial charge in [0, 0.05) is 33.4 Å². The van der Waals surface area contributed by atoms with Crippen LogP contribution in [0.15, 0.2) is 78.1 Å². The number of thioether (sulfide) groups is 1. The van der Waals surface area contributed by atoms with Crippen LogP contribution in [0.3, 0.4) is 0 Å². The van der Waals surface area contributed by atoms with Crippen molar-refractivity contribution < 1.29 is 18.0 Å². The quantitative estimate of drug-likeness (QED) is 0.224. The maximum Gasteiger partial charge on any atom is 0.418 e. The van der Waals surface area contributed by atoms with Gasteiger partial charge in [-0.25, -0.2) is 0 Å². The number of para-hydroxylation sites is 1. The number of halogens is 4. The average Bonchev–Trinajstić information content (AvgIpc) is 3.47. The van der Waals surface area contributed by atoms with Gasteiger partial charge in [0.2, 0.25) is 5.91 Å². The van der Waals surface area contributed by atoms with E-state index >= 15 is 0 Å². The van der Waals surface area contributed by atoms with Gasteiger partial charge in [0.1, 0.15) is 0 Å². The van der Waals surface area contributed by atoms with Crippen molar-refractivity contribution in [2.75, 3.05) is 11.1 Å². The Morgan fingerprint density at radius 3 is 2.68 bits per heavy atom. The van der Waals surface area contributed by atoms with Gasteiger partial charge in [0.25, 0.3) is 0 Å². The van der Waals surface area contributed by atoms with E-state index in [0.717, 1.165) is 51.6 Å².